The molecule has 11 heavy (non-hydrogen) atoms. The van der Waals surface area contributed by atoms with E-state index < -0.39 is 0 Å². The van der Waals surface area contributed by atoms with E-state index in [9.17, 15) is 0 Å². The van der Waals surface area contributed by atoms with Gasteiger partial charge >= 0.3 is 0 Å². The van der Waals surface area contributed by atoms with Crippen molar-refractivity contribution in [2.45, 2.75) is 32.1 Å². The highest BCUT2D eigenvalue weighted by Gasteiger charge is 1.82. The lowest BCUT2D eigenvalue weighted by Crippen LogP contribution is -1.68. The first kappa shape index (κ1) is 8.32. The number of allylic oxidation sites excluding steroid dienone is 6. The SMILES string of the molecule is C1=C\CC/C=C/CCC/C=C/1. The standard InChI is InChI=1S/C11H16/c1-2-4-6-8-10-11-9-7-5-3-1/h1-4,9,11H,5-8,10H2/b3-1-,4-2+,11-9+. The fourth-order valence-electron chi connectivity index (χ4n) is 1.13. The van der Waals surface area contributed by atoms with E-state index in [2.05, 4.69) is 36.5 Å². The maximum Gasteiger partial charge on any atom is -0.0313 e. The molecule has 0 heteroatoms. The summed E-state index contributed by atoms with van der Waals surface area (Å²) in [6.45, 7) is 0. The van der Waals surface area contributed by atoms with Gasteiger partial charge in [-0.15, -0.1) is 0 Å². The third-order valence-corrected chi connectivity index (χ3v) is 1.79. The van der Waals surface area contributed by atoms with Gasteiger partial charge in [-0.25, -0.2) is 0 Å². The van der Waals surface area contributed by atoms with Crippen molar-refractivity contribution in [2.75, 3.05) is 0 Å². The summed E-state index contributed by atoms with van der Waals surface area (Å²) in [7, 11) is 0. The third kappa shape index (κ3) is 4.60. The van der Waals surface area contributed by atoms with Crippen LogP contribution in [0.1, 0.15) is 32.1 Å². The first-order valence-electron chi connectivity index (χ1n) is 4.47. The lowest BCUT2D eigenvalue weighted by molar-refractivity contribution is 0.864. The van der Waals surface area contributed by atoms with Gasteiger partial charge < -0.3 is 0 Å². The summed E-state index contributed by atoms with van der Waals surface area (Å²) in [5, 5.41) is 0. The zero-order valence-electron chi connectivity index (χ0n) is 7.00. The Morgan fingerprint density at radius 3 is 2.00 bits per heavy atom. The molecular weight excluding hydrogens is 132 g/mol. The van der Waals surface area contributed by atoms with Crippen molar-refractivity contribution in [3.63, 3.8) is 0 Å². The summed E-state index contributed by atoms with van der Waals surface area (Å²) in [6.07, 6.45) is 19.5. The Balaban J connectivity index is 2.34. The molecule has 0 aromatic heterocycles. The predicted molar refractivity (Wildman–Crippen MR) is 50.5 cm³/mol. The molecule has 1 aliphatic rings. The quantitative estimate of drug-likeness (QED) is 0.460. The van der Waals surface area contributed by atoms with Gasteiger partial charge in [0.1, 0.15) is 0 Å². The molecule has 0 nitrogen and oxygen atoms in total. The van der Waals surface area contributed by atoms with Gasteiger partial charge in [-0.1, -0.05) is 36.5 Å². The van der Waals surface area contributed by atoms with E-state index in [1.807, 2.05) is 0 Å². The van der Waals surface area contributed by atoms with Crippen LogP contribution in [-0.4, -0.2) is 0 Å². The summed E-state index contributed by atoms with van der Waals surface area (Å²) < 4.78 is 0. The Hall–Kier alpha value is -0.780. The molecule has 0 unspecified atom stereocenters. The van der Waals surface area contributed by atoms with Crippen LogP contribution in [0.15, 0.2) is 36.5 Å². The van der Waals surface area contributed by atoms with Crippen molar-refractivity contribution in [1.82, 2.24) is 0 Å². The van der Waals surface area contributed by atoms with Gasteiger partial charge in [0.15, 0.2) is 0 Å². The Labute approximate surface area is 69.3 Å². The van der Waals surface area contributed by atoms with Crippen molar-refractivity contribution in [3.05, 3.63) is 36.5 Å². The van der Waals surface area contributed by atoms with Gasteiger partial charge in [-0.05, 0) is 32.1 Å². The second-order valence-corrected chi connectivity index (χ2v) is 2.84. The molecule has 0 N–H and O–H groups in total. The summed E-state index contributed by atoms with van der Waals surface area (Å²) in [5.74, 6) is 0. The van der Waals surface area contributed by atoms with E-state index in [0.29, 0.717) is 0 Å². The van der Waals surface area contributed by atoms with Gasteiger partial charge in [0.05, 0.1) is 0 Å². The smallest absolute Gasteiger partial charge is 0.0313 e. The minimum absolute atomic E-state index is 1.18. The van der Waals surface area contributed by atoms with E-state index >= 15 is 0 Å². The molecule has 1 aliphatic carbocycles. The molecule has 0 aromatic rings. The fraction of sp³-hybridized carbons (Fsp3) is 0.455. The van der Waals surface area contributed by atoms with Crippen molar-refractivity contribution in [3.8, 4) is 0 Å². The van der Waals surface area contributed by atoms with Crippen LogP contribution in [0.5, 0.6) is 0 Å². The van der Waals surface area contributed by atoms with Gasteiger partial charge in [0, 0.05) is 0 Å². The van der Waals surface area contributed by atoms with Crippen molar-refractivity contribution >= 4 is 0 Å². The third-order valence-electron chi connectivity index (χ3n) is 1.79. The fourth-order valence-corrected chi connectivity index (χ4v) is 1.13. The molecule has 0 heterocycles. The van der Waals surface area contributed by atoms with Crippen LogP contribution in [0.4, 0.5) is 0 Å². The van der Waals surface area contributed by atoms with Crippen LogP contribution in [-0.2, 0) is 0 Å². The molecule has 0 amide bonds. The molecule has 60 valence electrons. The number of rotatable bonds is 0. The second-order valence-electron chi connectivity index (χ2n) is 2.84. The highest BCUT2D eigenvalue weighted by Crippen LogP contribution is 2.02. The van der Waals surface area contributed by atoms with Gasteiger partial charge in [-0.2, -0.15) is 0 Å². The highest BCUT2D eigenvalue weighted by atomic mass is 13.9. The van der Waals surface area contributed by atoms with Crippen LogP contribution in [0, 0.1) is 0 Å². The van der Waals surface area contributed by atoms with Gasteiger partial charge in [0.25, 0.3) is 0 Å². The highest BCUT2D eigenvalue weighted by molar-refractivity contribution is 5.03. The average Bonchev–Trinajstić information content (AvgIpc) is 2.08. The van der Waals surface area contributed by atoms with E-state index in [1.165, 1.54) is 32.1 Å². The van der Waals surface area contributed by atoms with Gasteiger partial charge in [-0.3, -0.25) is 0 Å². The van der Waals surface area contributed by atoms with Crippen LogP contribution >= 0.6 is 0 Å². The molecular formula is C11H16. The Morgan fingerprint density at radius 2 is 1.09 bits per heavy atom. The Morgan fingerprint density at radius 1 is 0.545 bits per heavy atom. The molecule has 0 saturated carbocycles. The molecule has 0 atom stereocenters. The van der Waals surface area contributed by atoms with Crippen LogP contribution in [0.2, 0.25) is 0 Å². The average molecular weight is 148 g/mol. The maximum absolute atomic E-state index is 2.30. The molecule has 1 rings (SSSR count). The molecule has 0 bridgehead atoms. The zero-order valence-corrected chi connectivity index (χ0v) is 7.00. The largest absolute Gasteiger partial charge is 0.0885 e. The minimum atomic E-state index is 1.18. The summed E-state index contributed by atoms with van der Waals surface area (Å²) >= 11 is 0. The van der Waals surface area contributed by atoms with E-state index in [1.54, 1.807) is 0 Å². The first-order valence-corrected chi connectivity index (χ1v) is 4.47. The molecule has 0 aromatic carbocycles. The zero-order chi connectivity index (χ0) is 7.78. The summed E-state index contributed by atoms with van der Waals surface area (Å²) in [5.41, 5.74) is 0. The van der Waals surface area contributed by atoms with E-state index in [-0.39, 0.29) is 0 Å². The van der Waals surface area contributed by atoms with Crippen molar-refractivity contribution in [1.29, 1.82) is 0 Å². The van der Waals surface area contributed by atoms with Crippen LogP contribution in [0.3, 0.4) is 0 Å². The molecule has 0 aliphatic heterocycles. The maximum atomic E-state index is 2.30. The lowest BCUT2D eigenvalue weighted by Gasteiger charge is -1.88. The second kappa shape index (κ2) is 5.96. The van der Waals surface area contributed by atoms with Crippen LogP contribution < -0.4 is 0 Å². The first-order chi connectivity index (χ1) is 5.50. The molecule has 0 radical (unpaired) electrons. The lowest BCUT2D eigenvalue weighted by atomic mass is 10.2. The Kier molecular flexibility index (Phi) is 4.51. The number of hydrogen-bond donors (Lipinski definition) is 0. The molecule has 0 fully saturated rings. The van der Waals surface area contributed by atoms with Crippen molar-refractivity contribution < 1.29 is 0 Å². The van der Waals surface area contributed by atoms with Crippen molar-refractivity contribution in [2.24, 2.45) is 0 Å². The van der Waals surface area contributed by atoms with E-state index in [0.717, 1.165) is 0 Å². The summed E-state index contributed by atoms with van der Waals surface area (Å²) in [4.78, 5) is 0. The Bertz CT molecular complexity index is 161. The monoisotopic (exact) mass is 148 g/mol. The van der Waals surface area contributed by atoms with Gasteiger partial charge in [0.2, 0.25) is 0 Å². The predicted octanol–water partition coefficient (Wildman–Crippen LogP) is 3.62. The molecule has 0 spiro atoms. The van der Waals surface area contributed by atoms with Crippen LogP contribution in [0.25, 0.3) is 0 Å². The number of hydrogen-bond acceptors (Lipinski definition) is 0. The summed E-state index contributed by atoms with van der Waals surface area (Å²) in [6, 6.07) is 0. The topological polar surface area (TPSA) is 0 Å². The molecule has 0 saturated heterocycles. The minimum Gasteiger partial charge on any atom is -0.0885 e. The van der Waals surface area contributed by atoms with E-state index in [4.69, 9.17) is 0 Å². The normalized spacial score (nSPS) is 28.4.